The summed E-state index contributed by atoms with van der Waals surface area (Å²) in [5, 5.41) is 2.78. The van der Waals surface area contributed by atoms with Gasteiger partial charge < -0.3 is 5.32 Å². The molecule has 0 aromatic heterocycles. The second kappa shape index (κ2) is 8.33. The van der Waals surface area contributed by atoms with Crippen molar-refractivity contribution in [2.45, 2.75) is 19.4 Å². The first-order valence-electron chi connectivity index (χ1n) is 8.55. The van der Waals surface area contributed by atoms with Crippen molar-refractivity contribution < 1.29 is 13.2 Å². The lowest BCUT2D eigenvalue weighted by Gasteiger charge is -2.28. The molecule has 3 rings (SSSR count). The molecule has 0 bridgehead atoms. The maximum Gasteiger partial charge on any atom is 0.252 e. The Bertz CT molecular complexity index is 899. The van der Waals surface area contributed by atoms with E-state index in [0.29, 0.717) is 31.6 Å². The number of amides is 1. The Kier molecular flexibility index (Phi) is 6.11. The number of sulfonamides is 1. The van der Waals surface area contributed by atoms with Crippen LogP contribution < -0.4 is 5.32 Å². The van der Waals surface area contributed by atoms with Gasteiger partial charge in [-0.1, -0.05) is 36.4 Å². The number of nitrogens with zero attached hydrogens (tertiary/aromatic N) is 1. The van der Waals surface area contributed by atoms with Crippen LogP contribution in [0.4, 0.5) is 0 Å². The van der Waals surface area contributed by atoms with E-state index >= 15 is 0 Å². The number of carbonyl (C=O) groups is 1. The smallest absolute Gasteiger partial charge is 0.252 e. The molecule has 1 aliphatic heterocycles. The first-order chi connectivity index (χ1) is 12.5. The van der Waals surface area contributed by atoms with Gasteiger partial charge in [0, 0.05) is 24.1 Å². The maximum atomic E-state index is 12.6. The Morgan fingerprint density at radius 1 is 1.08 bits per heavy atom. The topological polar surface area (TPSA) is 66.5 Å². The predicted octanol–water partition coefficient (Wildman–Crippen LogP) is 2.96. The summed E-state index contributed by atoms with van der Waals surface area (Å²) in [5.74, 6) is -0.174. The first-order valence-corrected chi connectivity index (χ1v) is 10.9. The van der Waals surface area contributed by atoms with Crippen LogP contribution in [-0.2, 0) is 23.0 Å². The molecule has 0 saturated carbocycles. The lowest BCUT2D eigenvalue weighted by Crippen LogP contribution is -2.38. The van der Waals surface area contributed by atoms with Gasteiger partial charge in [0.25, 0.3) is 5.91 Å². The molecule has 0 aliphatic carbocycles. The summed E-state index contributed by atoms with van der Waals surface area (Å²) in [6.45, 7) is 1.27. The number of halogens is 1. The molecular formula is C19H21BrN2O3S. The number of carbonyl (C=O) groups excluding carboxylic acids is 1. The standard InChI is InChI=1S/C19H21BrN2O3S/c20-18-9-4-3-8-17(18)19(23)21-11-5-13-26(24,25)22-12-10-15-6-1-2-7-16(15)14-22/h1-4,6-9H,5,10-14H2,(H,21,23). The minimum absolute atomic E-state index is 0.0331. The van der Waals surface area contributed by atoms with Crippen molar-refractivity contribution in [3.05, 3.63) is 69.7 Å². The minimum Gasteiger partial charge on any atom is -0.352 e. The summed E-state index contributed by atoms with van der Waals surface area (Å²) >= 11 is 3.34. The lowest BCUT2D eigenvalue weighted by molar-refractivity contribution is 0.0953. The molecule has 1 aliphatic rings. The van der Waals surface area contributed by atoms with E-state index in [4.69, 9.17) is 0 Å². The molecule has 2 aromatic carbocycles. The van der Waals surface area contributed by atoms with Crippen LogP contribution in [0.15, 0.2) is 53.0 Å². The number of fused-ring (bicyclic) bond motifs is 1. The van der Waals surface area contributed by atoms with Crippen molar-refractivity contribution in [1.82, 2.24) is 9.62 Å². The van der Waals surface area contributed by atoms with Crippen LogP contribution in [-0.4, -0.2) is 37.5 Å². The van der Waals surface area contributed by atoms with Crippen LogP contribution in [0.5, 0.6) is 0 Å². The van der Waals surface area contributed by atoms with Crippen molar-refractivity contribution in [1.29, 1.82) is 0 Å². The first kappa shape index (κ1) is 19.1. The molecule has 1 N–H and O–H groups in total. The van der Waals surface area contributed by atoms with Gasteiger partial charge in [-0.15, -0.1) is 0 Å². The van der Waals surface area contributed by atoms with Crippen molar-refractivity contribution in [2.75, 3.05) is 18.8 Å². The average molecular weight is 437 g/mol. The SMILES string of the molecule is O=C(NCCCS(=O)(=O)N1CCc2ccccc2C1)c1ccccc1Br. The van der Waals surface area contributed by atoms with Crippen molar-refractivity contribution >= 4 is 31.9 Å². The Morgan fingerprint density at radius 2 is 1.77 bits per heavy atom. The number of benzene rings is 2. The average Bonchev–Trinajstić information content (AvgIpc) is 2.65. The molecular weight excluding hydrogens is 416 g/mol. The van der Waals surface area contributed by atoms with E-state index in [1.807, 2.05) is 24.3 Å². The fourth-order valence-corrected chi connectivity index (χ4v) is 4.97. The minimum atomic E-state index is -3.32. The van der Waals surface area contributed by atoms with Gasteiger partial charge in [-0.2, -0.15) is 4.31 Å². The molecule has 0 radical (unpaired) electrons. The number of hydrogen-bond donors (Lipinski definition) is 1. The summed E-state index contributed by atoms with van der Waals surface area (Å²) in [4.78, 5) is 12.1. The molecule has 2 aromatic rings. The van der Waals surface area contributed by atoms with E-state index < -0.39 is 10.0 Å². The highest BCUT2D eigenvalue weighted by atomic mass is 79.9. The van der Waals surface area contributed by atoms with Crippen molar-refractivity contribution in [3.8, 4) is 0 Å². The fourth-order valence-electron chi connectivity index (χ4n) is 3.03. The zero-order chi connectivity index (χ0) is 18.6. The van der Waals surface area contributed by atoms with Crippen LogP contribution in [0.25, 0.3) is 0 Å². The zero-order valence-corrected chi connectivity index (χ0v) is 16.7. The number of hydrogen-bond acceptors (Lipinski definition) is 3. The van der Waals surface area contributed by atoms with E-state index in [9.17, 15) is 13.2 Å². The molecule has 26 heavy (non-hydrogen) atoms. The molecule has 0 fully saturated rings. The third-order valence-electron chi connectivity index (χ3n) is 4.47. The maximum absolute atomic E-state index is 12.6. The van der Waals surface area contributed by atoms with Crippen LogP contribution in [0.1, 0.15) is 27.9 Å². The van der Waals surface area contributed by atoms with Gasteiger partial charge in [0.15, 0.2) is 0 Å². The van der Waals surface area contributed by atoms with Gasteiger partial charge in [-0.25, -0.2) is 8.42 Å². The molecule has 0 spiro atoms. The molecule has 0 saturated heterocycles. The quantitative estimate of drug-likeness (QED) is 0.707. The monoisotopic (exact) mass is 436 g/mol. The molecule has 138 valence electrons. The van der Waals surface area contributed by atoms with Gasteiger partial charge in [-0.05, 0) is 52.0 Å². The third kappa shape index (κ3) is 4.52. The Labute approximate surface area is 162 Å². The molecule has 7 heteroatoms. The van der Waals surface area contributed by atoms with E-state index in [1.54, 1.807) is 22.5 Å². The van der Waals surface area contributed by atoms with Gasteiger partial charge in [0.2, 0.25) is 10.0 Å². The Balaban J connectivity index is 1.50. The van der Waals surface area contributed by atoms with E-state index in [2.05, 4.69) is 27.3 Å². The number of nitrogens with one attached hydrogen (secondary N) is 1. The zero-order valence-electron chi connectivity index (χ0n) is 14.3. The Hall–Kier alpha value is -1.70. The van der Waals surface area contributed by atoms with Gasteiger partial charge in [0.05, 0.1) is 11.3 Å². The second-order valence-electron chi connectivity index (χ2n) is 6.26. The van der Waals surface area contributed by atoms with Crippen molar-refractivity contribution in [3.63, 3.8) is 0 Å². The molecule has 0 unspecified atom stereocenters. The highest BCUT2D eigenvalue weighted by molar-refractivity contribution is 9.10. The van der Waals surface area contributed by atoms with E-state index in [-0.39, 0.29) is 11.7 Å². The van der Waals surface area contributed by atoms with E-state index in [0.717, 1.165) is 16.5 Å². The Morgan fingerprint density at radius 3 is 2.54 bits per heavy atom. The summed E-state index contributed by atoms with van der Waals surface area (Å²) in [7, 11) is -3.32. The van der Waals surface area contributed by atoms with Crippen LogP contribution in [0, 0.1) is 0 Å². The summed E-state index contributed by atoms with van der Waals surface area (Å²) in [5.41, 5.74) is 2.84. The third-order valence-corrected chi connectivity index (χ3v) is 7.07. The van der Waals surface area contributed by atoms with Crippen molar-refractivity contribution in [2.24, 2.45) is 0 Å². The molecule has 1 amide bonds. The predicted molar refractivity (Wildman–Crippen MR) is 105 cm³/mol. The van der Waals surface area contributed by atoms with Crippen LogP contribution in [0.3, 0.4) is 0 Å². The summed E-state index contributed by atoms with van der Waals surface area (Å²) < 4.78 is 27.4. The highest BCUT2D eigenvalue weighted by Crippen LogP contribution is 2.21. The second-order valence-corrected chi connectivity index (χ2v) is 9.20. The molecule has 1 heterocycles. The largest absolute Gasteiger partial charge is 0.352 e. The molecule has 5 nitrogen and oxygen atoms in total. The van der Waals surface area contributed by atoms with Gasteiger partial charge >= 0.3 is 0 Å². The molecule has 0 atom stereocenters. The summed E-state index contributed by atoms with van der Waals surface area (Å²) in [6, 6.07) is 15.1. The lowest BCUT2D eigenvalue weighted by atomic mass is 10.0. The fraction of sp³-hybridized carbons (Fsp3) is 0.316. The van der Waals surface area contributed by atoms with Crippen LogP contribution >= 0.6 is 15.9 Å². The van der Waals surface area contributed by atoms with Gasteiger partial charge in [0.1, 0.15) is 0 Å². The normalized spacial score (nSPS) is 14.7. The highest BCUT2D eigenvalue weighted by Gasteiger charge is 2.26. The number of rotatable bonds is 6. The summed E-state index contributed by atoms with van der Waals surface area (Å²) in [6.07, 6.45) is 1.13. The van der Waals surface area contributed by atoms with Crippen LogP contribution in [0.2, 0.25) is 0 Å². The van der Waals surface area contributed by atoms with Gasteiger partial charge in [-0.3, -0.25) is 4.79 Å². The van der Waals surface area contributed by atoms with E-state index in [1.165, 1.54) is 5.56 Å².